The van der Waals surface area contributed by atoms with Gasteiger partial charge in [-0.1, -0.05) is 6.92 Å². The summed E-state index contributed by atoms with van der Waals surface area (Å²) in [6.07, 6.45) is 11.1. The van der Waals surface area contributed by atoms with Crippen LogP contribution in [0.3, 0.4) is 0 Å². The van der Waals surface area contributed by atoms with Crippen LogP contribution in [0.5, 0.6) is 0 Å². The number of hydrogen-bond donors (Lipinski definition) is 1. The Kier molecular flexibility index (Phi) is 5.22. The minimum absolute atomic E-state index is 0.0173. The fourth-order valence-corrected chi connectivity index (χ4v) is 3.53. The van der Waals surface area contributed by atoms with Crippen molar-refractivity contribution in [1.82, 2.24) is 15.1 Å². The molecule has 0 radical (unpaired) electrons. The molecule has 0 saturated heterocycles. The summed E-state index contributed by atoms with van der Waals surface area (Å²) in [5.41, 5.74) is 1.33. The van der Waals surface area contributed by atoms with Crippen LogP contribution in [0, 0.1) is 5.92 Å². The summed E-state index contributed by atoms with van der Waals surface area (Å²) in [4.78, 5) is 0. The van der Waals surface area contributed by atoms with Gasteiger partial charge in [0, 0.05) is 26.4 Å². The van der Waals surface area contributed by atoms with Gasteiger partial charge in [-0.2, -0.15) is 5.10 Å². The van der Waals surface area contributed by atoms with Crippen molar-refractivity contribution in [3.8, 4) is 0 Å². The SMILES string of the molecule is CNC(CCc1cnn(C)c1)C1(OC)CCC(C)CC1. The number of methoxy groups -OCH3 is 1. The number of nitrogens with zero attached hydrogens (tertiary/aromatic N) is 2. The van der Waals surface area contributed by atoms with E-state index in [2.05, 4.69) is 30.6 Å². The van der Waals surface area contributed by atoms with E-state index in [-0.39, 0.29) is 5.60 Å². The minimum Gasteiger partial charge on any atom is -0.377 e. The van der Waals surface area contributed by atoms with E-state index in [9.17, 15) is 0 Å². The Hall–Kier alpha value is -0.870. The number of ether oxygens (including phenoxy) is 1. The topological polar surface area (TPSA) is 39.1 Å². The van der Waals surface area contributed by atoms with E-state index in [1.165, 1.54) is 31.2 Å². The maximum absolute atomic E-state index is 5.99. The lowest BCUT2D eigenvalue weighted by molar-refractivity contribution is -0.0748. The Morgan fingerprint density at radius 1 is 1.50 bits per heavy atom. The van der Waals surface area contributed by atoms with Crippen LogP contribution < -0.4 is 5.32 Å². The van der Waals surface area contributed by atoms with Gasteiger partial charge in [-0.05, 0) is 57.1 Å². The molecule has 0 aromatic carbocycles. The van der Waals surface area contributed by atoms with Gasteiger partial charge in [0.25, 0.3) is 0 Å². The molecule has 0 bridgehead atoms. The van der Waals surface area contributed by atoms with Gasteiger partial charge in [0.2, 0.25) is 0 Å². The first-order valence-corrected chi connectivity index (χ1v) is 7.79. The quantitative estimate of drug-likeness (QED) is 0.870. The van der Waals surface area contributed by atoms with Crippen molar-refractivity contribution in [1.29, 1.82) is 0 Å². The Morgan fingerprint density at radius 2 is 2.20 bits per heavy atom. The standard InChI is InChI=1S/C16H29N3O/c1-13-7-9-16(20-4,10-8-13)15(17-2)6-5-14-11-18-19(3)12-14/h11-13,15,17H,5-10H2,1-4H3. The van der Waals surface area contributed by atoms with Crippen molar-refractivity contribution >= 4 is 0 Å². The van der Waals surface area contributed by atoms with Crippen LogP contribution in [0.4, 0.5) is 0 Å². The molecule has 2 rings (SSSR count). The van der Waals surface area contributed by atoms with E-state index >= 15 is 0 Å². The molecule has 1 aliphatic carbocycles. The molecule has 4 heteroatoms. The highest BCUT2D eigenvalue weighted by Crippen LogP contribution is 2.38. The fraction of sp³-hybridized carbons (Fsp3) is 0.812. The second-order valence-electron chi connectivity index (χ2n) is 6.35. The zero-order valence-electron chi connectivity index (χ0n) is 13.4. The molecular formula is C16H29N3O. The van der Waals surface area contributed by atoms with Crippen molar-refractivity contribution in [2.45, 2.75) is 57.1 Å². The van der Waals surface area contributed by atoms with Crippen molar-refractivity contribution in [2.75, 3.05) is 14.2 Å². The van der Waals surface area contributed by atoms with Crippen molar-refractivity contribution in [3.63, 3.8) is 0 Å². The molecule has 1 aromatic rings. The predicted molar refractivity (Wildman–Crippen MR) is 81.7 cm³/mol. The van der Waals surface area contributed by atoms with Crippen LogP contribution >= 0.6 is 0 Å². The van der Waals surface area contributed by atoms with E-state index < -0.39 is 0 Å². The Morgan fingerprint density at radius 3 is 2.70 bits per heavy atom. The molecule has 4 nitrogen and oxygen atoms in total. The zero-order chi connectivity index (χ0) is 14.6. The molecule has 1 saturated carbocycles. The fourth-order valence-electron chi connectivity index (χ4n) is 3.53. The molecule has 1 fully saturated rings. The van der Waals surface area contributed by atoms with Gasteiger partial charge in [-0.15, -0.1) is 0 Å². The molecule has 0 aliphatic heterocycles. The predicted octanol–water partition coefficient (Wildman–Crippen LogP) is 2.54. The van der Waals surface area contributed by atoms with Gasteiger partial charge in [-0.25, -0.2) is 0 Å². The van der Waals surface area contributed by atoms with E-state index in [4.69, 9.17) is 4.74 Å². The van der Waals surface area contributed by atoms with Crippen LogP contribution in [0.1, 0.15) is 44.6 Å². The summed E-state index contributed by atoms with van der Waals surface area (Å²) >= 11 is 0. The molecule has 1 N–H and O–H groups in total. The number of likely N-dealkylation sites (N-methyl/N-ethyl adjacent to an activating group) is 1. The van der Waals surface area contributed by atoms with Crippen LogP contribution in [0.2, 0.25) is 0 Å². The van der Waals surface area contributed by atoms with Crippen LogP contribution in [-0.4, -0.2) is 35.6 Å². The van der Waals surface area contributed by atoms with Crippen molar-refractivity contribution in [2.24, 2.45) is 13.0 Å². The summed E-state index contributed by atoms with van der Waals surface area (Å²) in [7, 11) is 5.91. The van der Waals surface area contributed by atoms with Crippen molar-refractivity contribution in [3.05, 3.63) is 18.0 Å². The minimum atomic E-state index is 0.0173. The average molecular weight is 279 g/mol. The highest BCUT2D eigenvalue weighted by Gasteiger charge is 2.40. The van der Waals surface area contributed by atoms with Gasteiger partial charge >= 0.3 is 0 Å². The number of rotatable bonds is 6. The van der Waals surface area contributed by atoms with Gasteiger partial charge < -0.3 is 10.1 Å². The van der Waals surface area contributed by atoms with Crippen LogP contribution in [-0.2, 0) is 18.2 Å². The van der Waals surface area contributed by atoms with Crippen LogP contribution in [0.25, 0.3) is 0 Å². The third-order valence-electron chi connectivity index (χ3n) is 4.99. The third-order valence-corrected chi connectivity index (χ3v) is 4.99. The summed E-state index contributed by atoms with van der Waals surface area (Å²) in [6, 6.07) is 0.417. The van der Waals surface area contributed by atoms with Gasteiger partial charge in [-0.3, -0.25) is 4.68 Å². The van der Waals surface area contributed by atoms with Crippen molar-refractivity contribution < 1.29 is 4.74 Å². The number of nitrogens with one attached hydrogen (secondary N) is 1. The van der Waals surface area contributed by atoms with E-state index in [0.29, 0.717) is 6.04 Å². The van der Waals surface area contributed by atoms with E-state index in [1.54, 1.807) is 0 Å². The number of aromatic nitrogens is 2. The van der Waals surface area contributed by atoms with E-state index in [0.717, 1.165) is 18.8 Å². The molecule has 1 aromatic heterocycles. The molecule has 1 aliphatic rings. The molecular weight excluding hydrogens is 250 g/mol. The van der Waals surface area contributed by atoms with Gasteiger partial charge in [0.1, 0.15) is 0 Å². The van der Waals surface area contributed by atoms with Crippen LogP contribution in [0.15, 0.2) is 12.4 Å². The monoisotopic (exact) mass is 279 g/mol. The number of aryl methyl sites for hydroxylation is 2. The molecule has 0 spiro atoms. The molecule has 1 unspecified atom stereocenters. The summed E-state index contributed by atoms with van der Waals surface area (Å²) in [6.45, 7) is 2.35. The molecule has 1 atom stereocenters. The zero-order valence-corrected chi connectivity index (χ0v) is 13.4. The van der Waals surface area contributed by atoms with Gasteiger partial charge in [0.05, 0.1) is 11.8 Å². The summed E-state index contributed by atoms with van der Waals surface area (Å²) in [5, 5.41) is 7.75. The Labute approximate surface area is 122 Å². The smallest absolute Gasteiger partial charge is 0.0831 e. The van der Waals surface area contributed by atoms with Gasteiger partial charge in [0.15, 0.2) is 0 Å². The maximum atomic E-state index is 5.99. The first-order valence-electron chi connectivity index (χ1n) is 7.79. The number of hydrogen-bond acceptors (Lipinski definition) is 3. The first-order chi connectivity index (χ1) is 9.59. The highest BCUT2D eigenvalue weighted by atomic mass is 16.5. The normalized spacial score (nSPS) is 28.5. The van der Waals surface area contributed by atoms with E-state index in [1.807, 2.05) is 25.0 Å². The Balaban J connectivity index is 1.98. The second kappa shape index (κ2) is 6.72. The molecule has 20 heavy (non-hydrogen) atoms. The summed E-state index contributed by atoms with van der Waals surface area (Å²) in [5.74, 6) is 0.842. The largest absolute Gasteiger partial charge is 0.377 e. The molecule has 114 valence electrons. The second-order valence-corrected chi connectivity index (χ2v) is 6.35. The lowest BCUT2D eigenvalue weighted by Gasteiger charge is -2.44. The Bertz CT molecular complexity index is 408. The molecule has 0 amide bonds. The third kappa shape index (κ3) is 3.41. The first kappa shape index (κ1) is 15.5. The average Bonchev–Trinajstić information content (AvgIpc) is 2.87. The summed E-state index contributed by atoms with van der Waals surface area (Å²) < 4.78 is 7.86. The highest BCUT2D eigenvalue weighted by molar-refractivity contribution is 5.06. The molecule has 1 heterocycles. The lowest BCUT2D eigenvalue weighted by atomic mass is 9.74. The lowest BCUT2D eigenvalue weighted by Crippen LogP contribution is -2.53. The maximum Gasteiger partial charge on any atom is 0.0831 e.